The van der Waals surface area contributed by atoms with Crippen LogP contribution >= 0.6 is 0 Å². The summed E-state index contributed by atoms with van der Waals surface area (Å²) in [7, 11) is 0. The van der Waals surface area contributed by atoms with Gasteiger partial charge in [-0.3, -0.25) is 14.3 Å². The maximum absolute atomic E-state index is 12.0. The van der Waals surface area contributed by atoms with Crippen LogP contribution in [0.1, 0.15) is 64.1 Å². The predicted octanol–water partition coefficient (Wildman–Crippen LogP) is 2.86. The van der Waals surface area contributed by atoms with Gasteiger partial charge in [0.25, 0.3) is 5.56 Å². The van der Waals surface area contributed by atoms with E-state index in [-0.39, 0.29) is 5.69 Å². The molecule has 2 rings (SSSR count). The molecule has 2 N–H and O–H groups in total. The number of rotatable bonds is 9. The van der Waals surface area contributed by atoms with Crippen molar-refractivity contribution in [3.05, 3.63) is 26.7 Å². The van der Waals surface area contributed by atoms with Gasteiger partial charge in [-0.05, 0) is 13.3 Å². The maximum atomic E-state index is 12.0. The molecule has 122 valence electrons. The van der Waals surface area contributed by atoms with E-state index in [9.17, 15) is 9.59 Å². The van der Waals surface area contributed by atoms with Crippen molar-refractivity contribution in [2.24, 2.45) is 0 Å². The smallest absolute Gasteiger partial charge is 0.330 e. The summed E-state index contributed by atoms with van der Waals surface area (Å²) in [4.78, 5) is 33.2. The fourth-order valence-electron chi connectivity index (χ4n) is 2.77. The molecular formula is C16H26N4O2. The summed E-state index contributed by atoms with van der Waals surface area (Å²) in [5.74, 6) is 0.649. The first-order valence-corrected chi connectivity index (χ1v) is 8.33. The van der Waals surface area contributed by atoms with E-state index < -0.39 is 5.56 Å². The lowest BCUT2D eigenvalue weighted by Gasteiger charge is -2.06. The molecule has 0 bridgehead atoms. The van der Waals surface area contributed by atoms with E-state index in [2.05, 4.69) is 21.9 Å². The molecule has 0 spiro atoms. The van der Waals surface area contributed by atoms with E-state index in [0.717, 1.165) is 12.8 Å². The Morgan fingerprint density at radius 3 is 2.27 bits per heavy atom. The molecule has 0 saturated carbocycles. The molecule has 22 heavy (non-hydrogen) atoms. The number of imidazole rings is 1. The lowest BCUT2D eigenvalue weighted by molar-refractivity contribution is 0.538. The van der Waals surface area contributed by atoms with E-state index >= 15 is 0 Å². The van der Waals surface area contributed by atoms with Crippen molar-refractivity contribution < 1.29 is 0 Å². The van der Waals surface area contributed by atoms with Crippen LogP contribution in [0.3, 0.4) is 0 Å². The number of aryl methyl sites for hydroxylation is 2. The first-order valence-electron chi connectivity index (χ1n) is 8.33. The van der Waals surface area contributed by atoms with Gasteiger partial charge in [-0.2, -0.15) is 0 Å². The number of unbranched alkanes of at least 4 members (excludes halogenated alkanes) is 7. The highest BCUT2D eigenvalue weighted by Crippen LogP contribution is 2.10. The molecule has 0 fully saturated rings. The Morgan fingerprint density at radius 2 is 1.59 bits per heavy atom. The molecule has 0 atom stereocenters. The Bertz CT molecular complexity index is 711. The summed E-state index contributed by atoms with van der Waals surface area (Å²) in [6.07, 6.45) is 9.71. The van der Waals surface area contributed by atoms with Crippen LogP contribution in [0.5, 0.6) is 0 Å². The van der Waals surface area contributed by atoms with Crippen LogP contribution in [0.2, 0.25) is 0 Å². The number of nitrogens with zero attached hydrogens (tertiary/aromatic N) is 2. The molecule has 0 aliphatic heterocycles. The predicted molar refractivity (Wildman–Crippen MR) is 88.3 cm³/mol. The molecule has 2 aromatic rings. The van der Waals surface area contributed by atoms with E-state index in [4.69, 9.17) is 0 Å². The van der Waals surface area contributed by atoms with Gasteiger partial charge in [0, 0.05) is 6.54 Å². The van der Waals surface area contributed by atoms with Gasteiger partial charge >= 0.3 is 5.69 Å². The van der Waals surface area contributed by atoms with Gasteiger partial charge in [0.05, 0.1) is 0 Å². The van der Waals surface area contributed by atoms with Crippen molar-refractivity contribution in [3.8, 4) is 0 Å². The Kier molecular flexibility index (Phi) is 5.98. The van der Waals surface area contributed by atoms with Crippen LogP contribution in [0.25, 0.3) is 11.2 Å². The third-order valence-corrected chi connectivity index (χ3v) is 3.99. The minimum Gasteiger partial charge on any atom is -0.336 e. The largest absolute Gasteiger partial charge is 0.336 e. The van der Waals surface area contributed by atoms with E-state index in [1.165, 1.54) is 38.5 Å². The summed E-state index contributed by atoms with van der Waals surface area (Å²) in [6, 6.07) is 0. The van der Waals surface area contributed by atoms with Crippen LogP contribution in [0.15, 0.2) is 9.59 Å². The average molecular weight is 306 g/mol. The van der Waals surface area contributed by atoms with Gasteiger partial charge in [-0.25, -0.2) is 9.78 Å². The van der Waals surface area contributed by atoms with Gasteiger partial charge < -0.3 is 4.98 Å². The summed E-state index contributed by atoms with van der Waals surface area (Å²) >= 11 is 0. The lowest BCUT2D eigenvalue weighted by atomic mass is 10.1. The van der Waals surface area contributed by atoms with Crippen molar-refractivity contribution in [2.45, 2.75) is 71.8 Å². The number of hydrogen-bond donors (Lipinski definition) is 2. The molecule has 2 aromatic heterocycles. The van der Waals surface area contributed by atoms with Gasteiger partial charge in [-0.15, -0.1) is 0 Å². The van der Waals surface area contributed by atoms with Crippen molar-refractivity contribution in [1.29, 1.82) is 0 Å². The number of aromatic nitrogens is 4. The molecule has 0 amide bonds. The number of hydrogen-bond acceptors (Lipinski definition) is 3. The minimum atomic E-state index is -0.396. The van der Waals surface area contributed by atoms with E-state index in [0.29, 0.717) is 23.5 Å². The molecule has 2 heterocycles. The number of aromatic amines is 2. The van der Waals surface area contributed by atoms with Gasteiger partial charge in [0.2, 0.25) is 0 Å². The van der Waals surface area contributed by atoms with Gasteiger partial charge in [0.15, 0.2) is 5.65 Å². The van der Waals surface area contributed by atoms with Crippen molar-refractivity contribution >= 4 is 11.2 Å². The van der Waals surface area contributed by atoms with Gasteiger partial charge in [-0.1, -0.05) is 51.9 Å². The zero-order valence-electron chi connectivity index (χ0n) is 13.6. The lowest BCUT2D eigenvalue weighted by Crippen LogP contribution is -2.30. The topological polar surface area (TPSA) is 83.5 Å². The molecule has 0 aromatic carbocycles. The first kappa shape index (κ1) is 16.5. The minimum absolute atomic E-state index is 0.369. The highest BCUT2D eigenvalue weighted by atomic mass is 16.2. The van der Waals surface area contributed by atoms with E-state index in [1.807, 2.05) is 0 Å². The third kappa shape index (κ3) is 4.08. The molecule has 6 heteroatoms. The average Bonchev–Trinajstić information content (AvgIpc) is 2.87. The molecule has 6 nitrogen and oxygen atoms in total. The van der Waals surface area contributed by atoms with Crippen LogP contribution in [0, 0.1) is 6.92 Å². The zero-order valence-corrected chi connectivity index (χ0v) is 13.6. The second-order valence-corrected chi connectivity index (χ2v) is 5.91. The van der Waals surface area contributed by atoms with Crippen molar-refractivity contribution in [3.63, 3.8) is 0 Å². The Hall–Kier alpha value is -1.85. The van der Waals surface area contributed by atoms with E-state index in [1.54, 1.807) is 11.5 Å². The molecule has 0 aliphatic carbocycles. The fourth-order valence-corrected chi connectivity index (χ4v) is 2.77. The zero-order chi connectivity index (χ0) is 15.9. The monoisotopic (exact) mass is 306 g/mol. The number of fused-ring (bicyclic) bond motifs is 1. The molecule has 0 unspecified atom stereocenters. The number of H-pyrrole nitrogens is 2. The molecule has 0 aliphatic rings. The van der Waals surface area contributed by atoms with Crippen LogP contribution in [-0.4, -0.2) is 19.5 Å². The standard InChI is InChI=1S/C16H26N4O2/c1-3-4-5-6-7-8-9-10-11-20-14-13(17-12(2)18-14)15(21)19-16(20)22/h3-11H2,1-2H3,(H,17,18)(H,19,21,22). The number of nitrogens with one attached hydrogen (secondary N) is 2. The second-order valence-electron chi connectivity index (χ2n) is 5.91. The molecular weight excluding hydrogens is 280 g/mol. The summed E-state index contributed by atoms with van der Waals surface area (Å²) in [5.41, 5.74) is 0.0885. The van der Waals surface area contributed by atoms with Crippen LogP contribution < -0.4 is 11.2 Å². The quantitative estimate of drug-likeness (QED) is 0.699. The van der Waals surface area contributed by atoms with Crippen molar-refractivity contribution in [1.82, 2.24) is 19.5 Å². The summed E-state index contributed by atoms with van der Waals surface area (Å²) in [6.45, 7) is 4.61. The third-order valence-electron chi connectivity index (χ3n) is 3.99. The SMILES string of the molecule is CCCCCCCCCCn1c(=O)[nH]c(=O)c2[nH]c(C)nc21. The highest BCUT2D eigenvalue weighted by molar-refractivity contribution is 5.69. The summed E-state index contributed by atoms with van der Waals surface area (Å²) in [5, 5.41) is 0. The fraction of sp³-hybridized carbons (Fsp3) is 0.688. The first-order chi connectivity index (χ1) is 10.6. The molecule has 0 radical (unpaired) electrons. The second kappa shape index (κ2) is 7.96. The molecule has 0 saturated heterocycles. The normalized spacial score (nSPS) is 11.4. The Labute approximate surface area is 130 Å². The highest BCUT2D eigenvalue weighted by Gasteiger charge is 2.10. The Morgan fingerprint density at radius 1 is 0.955 bits per heavy atom. The van der Waals surface area contributed by atoms with Crippen LogP contribution in [-0.2, 0) is 6.54 Å². The van der Waals surface area contributed by atoms with Crippen molar-refractivity contribution in [2.75, 3.05) is 0 Å². The van der Waals surface area contributed by atoms with Gasteiger partial charge in [0.1, 0.15) is 11.3 Å². The summed E-state index contributed by atoms with van der Waals surface area (Å²) < 4.78 is 1.57. The van der Waals surface area contributed by atoms with Crippen LogP contribution in [0.4, 0.5) is 0 Å². The Balaban J connectivity index is 1.89. The maximum Gasteiger partial charge on any atom is 0.330 e.